The molecule has 2 heterocycles. The van der Waals surface area contributed by atoms with Crippen LogP contribution in [0.1, 0.15) is 13.3 Å². The molecule has 0 unspecified atom stereocenters. The predicted molar refractivity (Wildman–Crippen MR) is 102 cm³/mol. The number of nitrogens with two attached hydrogens (primary N) is 1. The maximum absolute atomic E-state index is 12.5. The molecule has 1 amide bonds. The van der Waals surface area contributed by atoms with Gasteiger partial charge in [0.25, 0.3) is 5.56 Å². The maximum atomic E-state index is 12.5. The van der Waals surface area contributed by atoms with Gasteiger partial charge < -0.3 is 9.84 Å². The topological polar surface area (TPSA) is 174 Å². The molecule has 0 saturated carbocycles. The molecule has 0 aliphatic heterocycles. The zero-order valence-electron chi connectivity index (χ0n) is 15.3. The van der Waals surface area contributed by atoms with Crippen molar-refractivity contribution in [1.82, 2.24) is 24.5 Å². The number of aliphatic carboxylic acids is 1. The highest BCUT2D eigenvalue weighted by atomic mass is 16.5. The molecule has 5 N–H and O–H groups in total. The van der Waals surface area contributed by atoms with Gasteiger partial charge in [0.15, 0.2) is 23.6 Å². The summed E-state index contributed by atoms with van der Waals surface area (Å²) in [6.07, 6.45) is 0.571. The molecular formula is C17H18N6O6. The molecule has 12 nitrogen and oxygen atoms in total. The van der Waals surface area contributed by atoms with Crippen LogP contribution in [0, 0.1) is 0 Å². The number of carboxylic acids is 1. The number of hydrogen-bond donors (Lipinski definition) is 4. The summed E-state index contributed by atoms with van der Waals surface area (Å²) in [7, 11) is 0. The summed E-state index contributed by atoms with van der Waals surface area (Å²) in [5, 5.41) is 8.68. The number of benzene rings is 1. The third-order valence-corrected chi connectivity index (χ3v) is 4.04. The van der Waals surface area contributed by atoms with Gasteiger partial charge in [0.1, 0.15) is 5.75 Å². The Morgan fingerprint density at radius 2 is 1.97 bits per heavy atom. The molecule has 0 atom stereocenters. The van der Waals surface area contributed by atoms with Crippen molar-refractivity contribution in [2.24, 2.45) is 5.84 Å². The molecule has 0 bridgehead atoms. The smallest absolute Gasteiger partial charge is 0.343 e. The molecule has 0 fully saturated rings. The molecule has 152 valence electrons. The first-order chi connectivity index (χ1) is 13.9. The summed E-state index contributed by atoms with van der Waals surface area (Å²) in [5.74, 6) is 4.55. The van der Waals surface area contributed by atoms with Crippen molar-refractivity contribution in [3.05, 3.63) is 45.1 Å². The van der Waals surface area contributed by atoms with Crippen LogP contribution in [-0.2, 0) is 11.3 Å². The molecule has 29 heavy (non-hydrogen) atoms. The van der Waals surface area contributed by atoms with E-state index in [1.54, 1.807) is 0 Å². The molecule has 12 heteroatoms. The number of imidazole rings is 1. The first-order valence-corrected chi connectivity index (χ1v) is 8.59. The van der Waals surface area contributed by atoms with E-state index < -0.39 is 29.9 Å². The lowest BCUT2D eigenvalue weighted by atomic mass is 10.2. The lowest BCUT2D eigenvalue weighted by Crippen LogP contribution is -2.37. The number of carbonyl (C=O) groups excluding carboxylic acids is 1. The van der Waals surface area contributed by atoms with E-state index in [1.165, 1.54) is 28.8 Å². The highest BCUT2D eigenvalue weighted by molar-refractivity contribution is 5.92. The van der Waals surface area contributed by atoms with Crippen molar-refractivity contribution in [3.8, 4) is 17.1 Å². The third-order valence-electron chi connectivity index (χ3n) is 4.04. The van der Waals surface area contributed by atoms with Gasteiger partial charge in [-0.3, -0.25) is 19.8 Å². The van der Waals surface area contributed by atoms with Crippen molar-refractivity contribution in [2.75, 3.05) is 6.61 Å². The Hall–Kier alpha value is -3.93. The molecule has 0 spiro atoms. The zero-order valence-corrected chi connectivity index (χ0v) is 15.3. The number of rotatable bonds is 6. The van der Waals surface area contributed by atoms with Crippen LogP contribution in [0.5, 0.6) is 5.75 Å². The van der Waals surface area contributed by atoms with Gasteiger partial charge >= 0.3 is 17.7 Å². The predicted octanol–water partition coefficient (Wildman–Crippen LogP) is -0.142. The number of aryl methyl sites for hydroxylation is 1. The number of aromatic amines is 1. The van der Waals surface area contributed by atoms with Gasteiger partial charge in [-0.15, -0.1) is 0 Å². The highest BCUT2D eigenvalue weighted by Crippen LogP contribution is 2.25. The molecular weight excluding hydrogens is 384 g/mol. The lowest BCUT2D eigenvalue weighted by molar-refractivity contribution is -0.139. The molecule has 3 rings (SSSR count). The maximum Gasteiger partial charge on any atom is 0.343 e. The zero-order chi connectivity index (χ0) is 21.1. The fourth-order valence-corrected chi connectivity index (χ4v) is 2.86. The summed E-state index contributed by atoms with van der Waals surface area (Å²) in [5.41, 5.74) is 0.931. The summed E-state index contributed by atoms with van der Waals surface area (Å²) in [6.45, 7) is 1.58. The molecule has 2 aromatic heterocycles. The van der Waals surface area contributed by atoms with E-state index in [2.05, 4.69) is 9.97 Å². The van der Waals surface area contributed by atoms with Crippen LogP contribution in [0.3, 0.4) is 0 Å². The van der Waals surface area contributed by atoms with Crippen LogP contribution in [0.25, 0.3) is 22.6 Å². The number of H-pyrrole nitrogens is 1. The number of ether oxygens (including phenoxy) is 1. The average molecular weight is 402 g/mol. The van der Waals surface area contributed by atoms with Crippen molar-refractivity contribution < 1.29 is 19.4 Å². The summed E-state index contributed by atoms with van der Waals surface area (Å²) in [6, 6.07) is 5.27. The van der Waals surface area contributed by atoms with Crippen LogP contribution in [0.2, 0.25) is 0 Å². The largest absolute Gasteiger partial charge is 0.482 e. The Labute approximate surface area is 162 Å². The first kappa shape index (κ1) is 19.8. The van der Waals surface area contributed by atoms with Crippen LogP contribution < -0.4 is 27.3 Å². The fraction of sp³-hybridized carbons (Fsp3) is 0.235. The number of carboxylic acid groups (broad SMARTS) is 1. The second-order valence-electron chi connectivity index (χ2n) is 6.01. The van der Waals surface area contributed by atoms with Gasteiger partial charge in [-0.1, -0.05) is 6.92 Å². The van der Waals surface area contributed by atoms with Gasteiger partial charge in [0, 0.05) is 12.1 Å². The summed E-state index contributed by atoms with van der Waals surface area (Å²) in [4.78, 5) is 54.1. The summed E-state index contributed by atoms with van der Waals surface area (Å²) >= 11 is 0. The number of nitrogen functional groups attached to an aromatic ring is 1. The van der Waals surface area contributed by atoms with Crippen molar-refractivity contribution in [2.45, 2.75) is 19.9 Å². The molecule has 3 aromatic rings. The monoisotopic (exact) mass is 402 g/mol. The first-order valence-electron chi connectivity index (χ1n) is 8.59. The highest BCUT2D eigenvalue weighted by Gasteiger charge is 2.23. The van der Waals surface area contributed by atoms with Gasteiger partial charge in [0.2, 0.25) is 0 Å². The molecule has 0 radical (unpaired) electrons. The standard InChI is InChI=1S/C17H18N6O6/c1-2-7-22-15-12(14(26)20-16(22)27)19-13(23(15)17(28)21-18)9-3-5-10(6-4-9)29-8-11(24)25/h3-6H,2,7-8,18H2,1H3,(H,21,28)(H,24,25)(H,20,26,27). The molecule has 1 aromatic carbocycles. The van der Waals surface area contributed by atoms with Crippen LogP contribution in [-0.4, -0.2) is 42.8 Å². The third kappa shape index (κ3) is 3.73. The Kier molecular flexibility index (Phi) is 5.45. The van der Waals surface area contributed by atoms with Crippen molar-refractivity contribution in [3.63, 3.8) is 0 Å². The molecule has 0 saturated heterocycles. The number of nitrogens with zero attached hydrogens (tertiary/aromatic N) is 3. The quantitative estimate of drug-likeness (QED) is 0.250. The van der Waals surface area contributed by atoms with Crippen molar-refractivity contribution >= 4 is 23.2 Å². The van der Waals surface area contributed by atoms with E-state index >= 15 is 0 Å². The Morgan fingerprint density at radius 1 is 1.28 bits per heavy atom. The van der Waals surface area contributed by atoms with Gasteiger partial charge in [-0.25, -0.2) is 29.8 Å². The van der Waals surface area contributed by atoms with Gasteiger partial charge in [0.05, 0.1) is 0 Å². The minimum Gasteiger partial charge on any atom is -0.482 e. The van der Waals surface area contributed by atoms with Gasteiger partial charge in [-0.05, 0) is 30.7 Å². The normalized spacial score (nSPS) is 10.8. The Balaban J connectivity index is 2.22. The number of hydrogen-bond acceptors (Lipinski definition) is 7. The lowest BCUT2D eigenvalue weighted by Gasteiger charge is -2.11. The minimum atomic E-state index is -1.12. The molecule has 0 aliphatic carbocycles. The van der Waals surface area contributed by atoms with Crippen LogP contribution in [0.15, 0.2) is 33.9 Å². The fourth-order valence-electron chi connectivity index (χ4n) is 2.86. The average Bonchev–Trinajstić information content (AvgIpc) is 3.10. The van der Waals surface area contributed by atoms with E-state index in [9.17, 15) is 19.2 Å². The number of nitrogens with one attached hydrogen (secondary N) is 2. The van der Waals surface area contributed by atoms with E-state index in [0.717, 1.165) is 4.57 Å². The van der Waals surface area contributed by atoms with Gasteiger partial charge in [-0.2, -0.15) is 0 Å². The Morgan fingerprint density at radius 3 is 2.55 bits per heavy atom. The summed E-state index contributed by atoms with van der Waals surface area (Å²) < 4.78 is 7.37. The van der Waals surface area contributed by atoms with E-state index in [1.807, 2.05) is 12.3 Å². The second kappa shape index (κ2) is 7.98. The second-order valence-corrected chi connectivity index (χ2v) is 6.01. The SMILES string of the molecule is CCCn1c(=O)[nH]c(=O)c2nc(-c3ccc(OCC(=O)O)cc3)n(C(=O)NN)c21. The number of carbonyl (C=O) groups is 2. The number of fused-ring (bicyclic) bond motifs is 1. The minimum absolute atomic E-state index is 0.0183. The van der Waals surface area contributed by atoms with Crippen LogP contribution >= 0.6 is 0 Å². The van der Waals surface area contributed by atoms with E-state index in [4.69, 9.17) is 15.7 Å². The molecule has 0 aliphatic rings. The van der Waals surface area contributed by atoms with E-state index in [-0.39, 0.29) is 23.5 Å². The van der Waals surface area contributed by atoms with E-state index in [0.29, 0.717) is 17.7 Å². The number of amides is 1. The number of aromatic nitrogens is 4. The van der Waals surface area contributed by atoms with Crippen LogP contribution in [0.4, 0.5) is 4.79 Å². The van der Waals surface area contributed by atoms with Crippen molar-refractivity contribution in [1.29, 1.82) is 0 Å². The Bertz CT molecular complexity index is 1190. The number of hydrazine groups is 1.